The number of rotatable bonds is 4. The molecule has 3 nitrogen and oxygen atoms in total. The smallest absolute Gasteiger partial charge is 0.275 e. The van der Waals surface area contributed by atoms with E-state index in [-0.39, 0.29) is 11.7 Å². The monoisotopic (exact) mass is 344 g/mol. The number of thioether (sulfide) groups is 1. The third-order valence-corrected chi connectivity index (χ3v) is 4.81. The number of hydrogen-bond acceptors (Lipinski definition) is 4. The highest BCUT2D eigenvalue weighted by atomic mass is 32.2. The van der Waals surface area contributed by atoms with Gasteiger partial charge in [-0.2, -0.15) is 0 Å². The minimum atomic E-state index is -0.294. The molecule has 0 bridgehead atoms. The van der Waals surface area contributed by atoms with Crippen molar-refractivity contribution >= 4 is 34.7 Å². The maximum atomic E-state index is 12.9. The Morgan fingerprint density at radius 1 is 1.13 bits per heavy atom. The van der Waals surface area contributed by atoms with Crippen molar-refractivity contribution in [2.45, 2.75) is 4.90 Å². The molecule has 1 heterocycles. The fraction of sp³-hybridized carbons (Fsp3) is 0.0588. The number of carbonyl (C=O) groups is 1. The summed E-state index contributed by atoms with van der Waals surface area (Å²) in [6.45, 7) is 0. The van der Waals surface area contributed by atoms with E-state index in [1.54, 1.807) is 29.3 Å². The molecule has 0 saturated heterocycles. The van der Waals surface area contributed by atoms with E-state index < -0.39 is 0 Å². The van der Waals surface area contributed by atoms with E-state index in [9.17, 15) is 9.18 Å². The molecule has 23 heavy (non-hydrogen) atoms. The van der Waals surface area contributed by atoms with Crippen LogP contribution in [-0.4, -0.2) is 17.1 Å². The fourth-order valence-corrected chi connectivity index (χ4v) is 3.19. The van der Waals surface area contributed by atoms with Gasteiger partial charge in [-0.15, -0.1) is 23.1 Å². The van der Waals surface area contributed by atoms with Gasteiger partial charge in [0.2, 0.25) is 0 Å². The molecule has 2 aromatic carbocycles. The number of thiazole rings is 1. The molecule has 0 aliphatic heterocycles. The number of nitrogens with zero attached hydrogens (tertiary/aromatic N) is 1. The molecule has 0 unspecified atom stereocenters. The number of amides is 1. The van der Waals surface area contributed by atoms with Crippen LogP contribution in [0.3, 0.4) is 0 Å². The van der Waals surface area contributed by atoms with E-state index >= 15 is 0 Å². The Morgan fingerprint density at radius 3 is 2.48 bits per heavy atom. The molecule has 116 valence electrons. The topological polar surface area (TPSA) is 42.0 Å². The molecule has 0 aliphatic carbocycles. The van der Waals surface area contributed by atoms with E-state index in [1.807, 2.05) is 30.5 Å². The number of aromatic nitrogens is 1. The fourth-order valence-electron chi connectivity index (χ4n) is 1.97. The first-order chi connectivity index (χ1) is 11.2. The summed E-state index contributed by atoms with van der Waals surface area (Å²) in [5.74, 6) is -0.552. The number of halogens is 1. The first kappa shape index (κ1) is 15.7. The molecular weight excluding hydrogens is 331 g/mol. The second-order valence-electron chi connectivity index (χ2n) is 4.73. The summed E-state index contributed by atoms with van der Waals surface area (Å²) >= 11 is 3.00. The van der Waals surface area contributed by atoms with Gasteiger partial charge in [0.15, 0.2) is 0 Å². The van der Waals surface area contributed by atoms with Crippen molar-refractivity contribution in [2.75, 3.05) is 11.6 Å². The largest absolute Gasteiger partial charge is 0.321 e. The highest BCUT2D eigenvalue weighted by Crippen LogP contribution is 2.24. The predicted octanol–water partition coefficient (Wildman–Crippen LogP) is 4.92. The Hall–Kier alpha value is -2.18. The molecule has 1 amide bonds. The molecule has 0 aliphatic rings. The highest BCUT2D eigenvalue weighted by Gasteiger charge is 2.12. The standard InChI is InChI=1S/C17H13FN2OS2/c1-22-14-8-6-13(7-9-14)19-16(21)15-10-23-17(20-15)11-2-4-12(18)5-3-11/h2-10H,1H3,(H,19,21). The zero-order valence-corrected chi connectivity index (χ0v) is 13.9. The minimum absolute atomic E-state index is 0.258. The van der Waals surface area contributed by atoms with E-state index in [0.717, 1.165) is 16.1 Å². The van der Waals surface area contributed by atoms with Crippen molar-refractivity contribution in [1.82, 2.24) is 4.98 Å². The van der Waals surface area contributed by atoms with Crippen molar-refractivity contribution in [3.05, 3.63) is 65.4 Å². The summed E-state index contributed by atoms with van der Waals surface area (Å²) in [5.41, 5.74) is 1.87. The van der Waals surface area contributed by atoms with Gasteiger partial charge in [-0.3, -0.25) is 4.79 Å². The predicted molar refractivity (Wildman–Crippen MR) is 93.7 cm³/mol. The van der Waals surface area contributed by atoms with Crippen LogP contribution in [-0.2, 0) is 0 Å². The maximum absolute atomic E-state index is 12.9. The van der Waals surface area contributed by atoms with Crippen LogP contribution < -0.4 is 5.32 Å². The molecule has 3 aromatic rings. The number of nitrogens with one attached hydrogen (secondary N) is 1. The first-order valence-electron chi connectivity index (χ1n) is 6.82. The lowest BCUT2D eigenvalue weighted by Gasteiger charge is -2.04. The third kappa shape index (κ3) is 3.78. The van der Waals surface area contributed by atoms with Crippen LogP contribution in [0.5, 0.6) is 0 Å². The second kappa shape index (κ2) is 6.93. The zero-order chi connectivity index (χ0) is 16.2. The lowest BCUT2D eigenvalue weighted by molar-refractivity contribution is 0.102. The number of carbonyl (C=O) groups excluding carboxylic acids is 1. The van der Waals surface area contributed by atoms with Gasteiger partial charge in [0, 0.05) is 21.5 Å². The summed E-state index contributed by atoms with van der Waals surface area (Å²) in [5, 5.41) is 5.21. The van der Waals surface area contributed by atoms with E-state index in [2.05, 4.69) is 10.3 Å². The van der Waals surface area contributed by atoms with Gasteiger partial charge in [0.05, 0.1) is 0 Å². The van der Waals surface area contributed by atoms with Gasteiger partial charge in [0.1, 0.15) is 16.5 Å². The quantitative estimate of drug-likeness (QED) is 0.683. The molecule has 0 atom stereocenters. The summed E-state index contributed by atoms with van der Waals surface area (Å²) < 4.78 is 12.9. The van der Waals surface area contributed by atoms with Gasteiger partial charge < -0.3 is 5.32 Å². The number of hydrogen-bond donors (Lipinski definition) is 1. The highest BCUT2D eigenvalue weighted by molar-refractivity contribution is 7.98. The van der Waals surface area contributed by atoms with Crippen molar-refractivity contribution in [3.8, 4) is 10.6 Å². The van der Waals surface area contributed by atoms with Crippen LogP contribution in [0, 0.1) is 5.82 Å². The average Bonchev–Trinajstić information content (AvgIpc) is 3.06. The Morgan fingerprint density at radius 2 is 1.83 bits per heavy atom. The number of anilines is 1. The van der Waals surface area contributed by atoms with Crippen LogP contribution in [0.25, 0.3) is 10.6 Å². The van der Waals surface area contributed by atoms with Crippen LogP contribution in [0.4, 0.5) is 10.1 Å². The van der Waals surface area contributed by atoms with Crippen LogP contribution >= 0.6 is 23.1 Å². The first-order valence-corrected chi connectivity index (χ1v) is 8.93. The SMILES string of the molecule is CSc1ccc(NC(=O)c2csc(-c3ccc(F)cc3)n2)cc1. The molecule has 6 heteroatoms. The summed E-state index contributed by atoms with van der Waals surface area (Å²) in [6, 6.07) is 13.7. The molecule has 0 radical (unpaired) electrons. The summed E-state index contributed by atoms with van der Waals surface area (Å²) in [4.78, 5) is 17.7. The van der Waals surface area contributed by atoms with Crippen molar-refractivity contribution in [1.29, 1.82) is 0 Å². The minimum Gasteiger partial charge on any atom is -0.321 e. The molecule has 0 spiro atoms. The molecule has 0 fully saturated rings. The van der Waals surface area contributed by atoms with Crippen LogP contribution in [0.15, 0.2) is 58.8 Å². The molecule has 3 rings (SSSR count). The lowest BCUT2D eigenvalue weighted by atomic mass is 10.2. The van der Waals surface area contributed by atoms with Crippen LogP contribution in [0.1, 0.15) is 10.5 Å². The van der Waals surface area contributed by atoms with Gasteiger partial charge in [-0.05, 0) is 54.8 Å². The zero-order valence-electron chi connectivity index (χ0n) is 12.2. The molecular formula is C17H13FN2OS2. The Labute approximate surface area is 141 Å². The van der Waals surface area contributed by atoms with Crippen molar-refractivity contribution in [3.63, 3.8) is 0 Å². The Bertz CT molecular complexity index is 813. The second-order valence-corrected chi connectivity index (χ2v) is 6.47. The van der Waals surface area contributed by atoms with Gasteiger partial charge in [-0.25, -0.2) is 9.37 Å². The molecule has 1 N–H and O–H groups in total. The normalized spacial score (nSPS) is 10.5. The Kier molecular flexibility index (Phi) is 4.73. The Balaban J connectivity index is 1.74. The molecule has 1 aromatic heterocycles. The maximum Gasteiger partial charge on any atom is 0.275 e. The lowest BCUT2D eigenvalue weighted by Crippen LogP contribution is -2.12. The molecule has 0 saturated carbocycles. The van der Waals surface area contributed by atoms with Crippen LogP contribution in [0.2, 0.25) is 0 Å². The van der Waals surface area contributed by atoms with E-state index in [1.165, 1.54) is 23.5 Å². The van der Waals surface area contributed by atoms with Crippen molar-refractivity contribution < 1.29 is 9.18 Å². The summed E-state index contributed by atoms with van der Waals surface area (Å²) in [6.07, 6.45) is 2.00. The van der Waals surface area contributed by atoms with Gasteiger partial charge in [-0.1, -0.05) is 0 Å². The van der Waals surface area contributed by atoms with Gasteiger partial charge >= 0.3 is 0 Å². The van der Waals surface area contributed by atoms with E-state index in [0.29, 0.717) is 10.7 Å². The third-order valence-electron chi connectivity index (χ3n) is 3.18. The average molecular weight is 344 g/mol. The number of benzene rings is 2. The van der Waals surface area contributed by atoms with Crippen molar-refractivity contribution in [2.24, 2.45) is 0 Å². The van der Waals surface area contributed by atoms with E-state index in [4.69, 9.17) is 0 Å². The summed E-state index contributed by atoms with van der Waals surface area (Å²) in [7, 11) is 0. The van der Waals surface area contributed by atoms with Gasteiger partial charge in [0.25, 0.3) is 5.91 Å².